The first-order valence-electron chi connectivity index (χ1n) is 6.27. The van der Waals surface area contributed by atoms with Crippen LogP contribution in [0.25, 0.3) is 0 Å². The van der Waals surface area contributed by atoms with E-state index >= 15 is 0 Å². The first kappa shape index (κ1) is 12.6. The molecule has 17 heavy (non-hydrogen) atoms. The van der Waals surface area contributed by atoms with Gasteiger partial charge in [0.15, 0.2) is 0 Å². The molecule has 3 nitrogen and oxygen atoms in total. The molecule has 1 aromatic carbocycles. The summed E-state index contributed by atoms with van der Waals surface area (Å²) in [6.45, 7) is 3.06. The van der Waals surface area contributed by atoms with Gasteiger partial charge in [-0.1, -0.05) is 30.3 Å². The normalized spacial score (nSPS) is 22.6. The minimum absolute atomic E-state index is 0.642. The lowest BCUT2D eigenvalue weighted by Crippen LogP contribution is -2.23. The summed E-state index contributed by atoms with van der Waals surface area (Å²) in [5, 5.41) is 3.52. The minimum atomic E-state index is 0.642. The van der Waals surface area contributed by atoms with Crippen LogP contribution in [0.4, 0.5) is 0 Å². The summed E-state index contributed by atoms with van der Waals surface area (Å²) in [6.07, 6.45) is 1.25. The third-order valence-corrected chi connectivity index (χ3v) is 3.10. The Morgan fingerprint density at radius 2 is 2.00 bits per heavy atom. The Balaban J connectivity index is 1.55. The van der Waals surface area contributed by atoms with Crippen LogP contribution >= 0.6 is 0 Å². The Morgan fingerprint density at radius 1 is 1.18 bits per heavy atom. The Kier molecular flexibility index (Phi) is 4.98. The van der Waals surface area contributed by atoms with Gasteiger partial charge in [0, 0.05) is 25.6 Å². The van der Waals surface area contributed by atoms with Crippen molar-refractivity contribution in [2.24, 2.45) is 0 Å². The maximum atomic E-state index is 5.41. The molecular formula is C14H21NO2. The van der Waals surface area contributed by atoms with Gasteiger partial charge in [-0.15, -0.1) is 0 Å². The monoisotopic (exact) mass is 235 g/mol. The van der Waals surface area contributed by atoms with Crippen molar-refractivity contribution >= 4 is 0 Å². The van der Waals surface area contributed by atoms with E-state index in [1.54, 1.807) is 7.11 Å². The maximum absolute atomic E-state index is 5.41. The molecule has 1 saturated carbocycles. The number of ether oxygens (including phenoxy) is 2. The first-order chi connectivity index (χ1) is 8.42. The van der Waals surface area contributed by atoms with Gasteiger partial charge in [0.05, 0.1) is 19.8 Å². The predicted molar refractivity (Wildman–Crippen MR) is 68.3 cm³/mol. The molecule has 2 unspecified atom stereocenters. The van der Waals surface area contributed by atoms with Crippen molar-refractivity contribution in [3.63, 3.8) is 0 Å². The van der Waals surface area contributed by atoms with Crippen molar-refractivity contribution < 1.29 is 9.47 Å². The van der Waals surface area contributed by atoms with Gasteiger partial charge in [-0.2, -0.15) is 0 Å². The average molecular weight is 235 g/mol. The summed E-state index contributed by atoms with van der Waals surface area (Å²) in [6, 6.07) is 11.3. The van der Waals surface area contributed by atoms with Crippen molar-refractivity contribution in [2.75, 3.05) is 33.5 Å². The fourth-order valence-electron chi connectivity index (χ4n) is 2.05. The van der Waals surface area contributed by atoms with Crippen LogP contribution in [-0.2, 0) is 9.47 Å². The summed E-state index contributed by atoms with van der Waals surface area (Å²) in [7, 11) is 1.69. The molecule has 0 spiro atoms. The quantitative estimate of drug-likeness (QED) is 0.697. The van der Waals surface area contributed by atoms with E-state index in [9.17, 15) is 0 Å². The van der Waals surface area contributed by atoms with Gasteiger partial charge in [-0.05, 0) is 12.0 Å². The van der Waals surface area contributed by atoms with E-state index in [4.69, 9.17) is 9.47 Å². The number of hydrogen-bond donors (Lipinski definition) is 1. The van der Waals surface area contributed by atoms with Crippen molar-refractivity contribution in [3.8, 4) is 0 Å². The lowest BCUT2D eigenvalue weighted by atomic mass is 10.1. The van der Waals surface area contributed by atoms with Gasteiger partial charge in [-0.3, -0.25) is 0 Å². The molecule has 0 amide bonds. The van der Waals surface area contributed by atoms with E-state index in [2.05, 4.69) is 35.6 Å². The van der Waals surface area contributed by atoms with Crippen molar-refractivity contribution in [1.82, 2.24) is 5.32 Å². The van der Waals surface area contributed by atoms with Crippen LogP contribution < -0.4 is 5.32 Å². The highest BCUT2D eigenvalue weighted by atomic mass is 16.5. The number of benzene rings is 1. The highest BCUT2D eigenvalue weighted by molar-refractivity contribution is 5.27. The zero-order chi connectivity index (χ0) is 11.9. The minimum Gasteiger partial charge on any atom is -0.382 e. The van der Waals surface area contributed by atoms with E-state index < -0.39 is 0 Å². The molecule has 0 bridgehead atoms. The lowest BCUT2D eigenvalue weighted by molar-refractivity contribution is 0.0718. The topological polar surface area (TPSA) is 30.5 Å². The summed E-state index contributed by atoms with van der Waals surface area (Å²) >= 11 is 0. The number of methoxy groups -OCH3 is 1. The fourth-order valence-corrected chi connectivity index (χ4v) is 2.05. The van der Waals surface area contributed by atoms with Gasteiger partial charge >= 0.3 is 0 Å². The molecule has 2 atom stereocenters. The molecule has 0 aliphatic heterocycles. The van der Waals surface area contributed by atoms with E-state index in [0.717, 1.165) is 13.2 Å². The Morgan fingerprint density at radius 3 is 2.76 bits per heavy atom. The maximum Gasteiger partial charge on any atom is 0.0700 e. The molecule has 1 N–H and O–H groups in total. The second kappa shape index (κ2) is 6.74. The van der Waals surface area contributed by atoms with Crippen LogP contribution in [0, 0.1) is 0 Å². The average Bonchev–Trinajstić information content (AvgIpc) is 3.14. The zero-order valence-corrected chi connectivity index (χ0v) is 10.4. The molecule has 1 aliphatic carbocycles. The van der Waals surface area contributed by atoms with Gasteiger partial charge in [0.25, 0.3) is 0 Å². The zero-order valence-electron chi connectivity index (χ0n) is 10.4. The van der Waals surface area contributed by atoms with E-state index in [0.29, 0.717) is 25.2 Å². The summed E-state index contributed by atoms with van der Waals surface area (Å²) in [5.41, 5.74) is 1.45. The second-order valence-corrected chi connectivity index (χ2v) is 4.42. The van der Waals surface area contributed by atoms with Crippen molar-refractivity contribution in [1.29, 1.82) is 0 Å². The van der Waals surface area contributed by atoms with Gasteiger partial charge < -0.3 is 14.8 Å². The molecule has 0 heterocycles. The van der Waals surface area contributed by atoms with E-state index in [1.807, 2.05) is 0 Å². The molecule has 0 saturated heterocycles. The highest BCUT2D eigenvalue weighted by Gasteiger charge is 2.37. The first-order valence-corrected chi connectivity index (χ1v) is 6.27. The third-order valence-electron chi connectivity index (χ3n) is 3.10. The molecular weight excluding hydrogens is 214 g/mol. The second-order valence-electron chi connectivity index (χ2n) is 4.42. The number of hydrogen-bond acceptors (Lipinski definition) is 3. The Bertz CT molecular complexity index is 315. The van der Waals surface area contributed by atoms with E-state index in [-0.39, 0.29) is 0 Å². The number of nitrogens with one attached hydrogen (secondary N) is 1. The van der Waals surface area contributed by atoms with Crippen LogP contribution in [0.1, 0.15) is 17.9 Å². The number of rotatable bonds is 8. The Hall–Kier alpha value is -0.900. The Labute approximate surface area is 103 Å². The molecule has 94 valence electrons. The van der Waals surface area contributed by atoms with Crippen molar-refractivity contribution in [3.05, 3.63) is 35.9 Å². The predicted octanol–water partition coefficient (Wildman–Crippen LogP) is 1.80. The van der Waals surface area contributed by atoms with Crippen LogP contribution in [-0.4, -0.2) is 39.5 Å². The molecule has 1 fully saturated rings. The van der Waals surface area contributed by atoms with Crippen molar-refractivity contribution in [2.45, 2.75) is 18.4 Å². The molecule has 3 heteroatoms. The van der Waals surface area contributed by atoms with Crippen LogP contribution in [0.15, 0.2) is 30.3 Å². The molecule has 2 rings (SSSR count). The molecule has 0 aromatic heterocycles. The van der Waals surface area contributed by atoms with Gasteiger partial charge in [0.2, 0.25) is 0 Å². The summed E-state index contributed by atoms with van der Waals surface area (Å²) < 4.78 is 10.3. The van der Waals surface area contributed by atoms with Crippen LogP contribution in [0.5, 0.6) is 0 Å². The fraction of sp³-hybridized carbons (Fsp3) is 0.571. The third kappa shape index (κ3) is 4.11. The van der Waals surface area contributed by atoms with Gasteiger partial charge in [-0.25, -0.2) is 0 Å². The smallest absolute Gasteiger partial charge is 0.0700 e. The van der Waals surface area contributed by atoms with E-state index in [1.165, 1.54) is 12.0 Å². The van der Waals surface area contributed by atoms with Crippen LogP contribution in [0.2, 0.25) is 0 Å². The molecule has 1 aliphatic rings. The SMILES string of the molecule is COCCOCCNC1CC1c1ccccc1. The summed E-state index contributed by atoms with van der Waals surface area (Å²) in [5.74, 6) is 0.704. The largest absolute Gasteiger partial charge is 0.382 e. The highest BCUT2D eigenvalue weighted by Crippen LogP contribution is 2.40. The molecule has 0 radical (unpaired) electrons. The summed E-state index contributed by atoms with van der Waals surface area (Å²) in [4.78, 5) is 0. The van der Waals surface area contributed by atoms with Crippen LogP contribution in [0.3, 0.4) is 0 Å². The molecule has 1 aromatic rings. The standard InChI is InChI=1S/C14H21NO2/c1-16-9-10-17-8-7-15-14-11-13(14)12-5-3-2-4-6-12/h2-6,13-15H,7-11H2,1H3. The van der Waals surface area contributed by atoms with Gasteiger partial charge in [0.1, 0.15) is 0 Å². The lowest BCUT2D eigenvalue weighted by Gasteiger charge is -2.05.